The molecule has 3 rings (SSSR count). The van der Waals surface area contributed by atoms with Crippen LogP contribution in [-0.4, -0.2) is 41.5 Å². The lowest BCUT2D eigenvalue weighted by Crippen LogP contribution is -2.31. The minimum Gasteiger partial charge on any atom is -0.507 e. The summed E-state index contributed by atoms with van der Waals surface area (Å²) in [6, 6.07) is 9.01. The molecule has 0 saturated carbocycles. The zero-order chi connectivity index (χ0) is 21.8. The number of hydrogen-bond donors (Lipinski definition) is 1. The number of Topliss-reactive ketones (excluding diaryl/α,β-unsaturated/α-hetero) is 1. The predicted octanol–water partition coefficient (Wildman–Crippen LogP) is 4.98. The third kappa shape index (κ3) is 4.51. The highest BCUT2D eigenvalue weighted by atomic mass is 35.5. The summed E-state index contributed by atoms with van der Waals surface area (Å²) < 4.78 is 18.8. The maximum Gasteiger partial charge on any atom is 0.295 e. The second-order valence-electron chi connectivity index (χ2n) is 6.72. The molecule has 0 spiro atoms. The van der Waals surface area contributed by atoms with Crippen LogP contribution in [-0.2, 0) is 14.3 Å². The van der Waals surface area contributed by atoms with Crippen molar-refractivity contribution in [1.82, 2.24) is 4.90 Å². The topological polar surface area (TPSA) is 66.8 Å². The molecule has 1 atom stereocenters. The number of halogens is 3. The zero-order valence-electron chi connectivity index (χ0n) is 16.2. The molecule has 1 N–H and O–H groups in total. The molecule has 0 aromatic heterocycles. The van der Waals surface area contributed by atoms with Gasteiger partial charge in [0.15, 0.2) is 0 Å². The SMILES string of the molecule is CCOCCCN1C(=O)C(=O)/C(=C(/O)c2ccc(Cl)cc2Cl)C1c1ccc(F)cc1. The molecule has 8 heteroatoms. The summed E-state index contributed by atoms with van der Waals surface area (Å²) in [7, 11) is 0. The first-order valence-corrected chi connectivity index (χ1v) is 10.2. The van der Waals surface area contributed by atoms with Crippen molar-refractivity contribution in [1.29, 1.82) is 0 Å². The molecule has 30 heavy (non-hydrogen) atoms. The summed E-state index contributed by atoms with van der Waals surface area (Å²) in [4.78, 5) is 27.0. The maximum atomic E-state index is 13.5. The molecule has 1 aliphatic rings. The van der Waals surface area contributed by atoms with Crippen molar-refractivity contribution in [3.05, 3.63) is 75.0 Å². The van der Waals surface area contributed by atoms with E-state index >= 15 is 0 Å². The molecule has 1 aliphatic heterocycles. The number of likely N-dealkylation sites (tertiary alicyclic amines) is 1. The van der Waals surface area contributed by atoms with E-state index in [9.17, 15) is 19.1 Å². The first kappa shape index (κ1) is 22.3. The summed E-state index contributed by atoms with van der Waals surface area (Å²) in [5, 5.41) is 11.5. The molecule has 158 valence electrons. The van der Waals surface area contributed by atoms with Gasteiger partial charge in [0, 0.05) is 30.3 Å². The Balaban J connectivity index is 2.09. The number of amides is 1. The van der Waals surface area contributed by atoms with Crippen LogP contribution in [0.2, 0.25) is 10.0 Å². The van der Waals surface area contributed by atoms with Gasteiger partial charge in [-0.2, -0.15) is 0 Å². The van der Waals surface area contributed by atoms with Gasteiger partial charge in [0.1, 0.15) is 11.6 Å². The number of carbonyl (C=O) groups excluding carboxylic acids is 2. The zero-order valence-corrected chi connectivity index (χ0v) is 17.7. The van der Waals surface area contributed by atoms with E-state index in [4.69, 9.17) is 27.9 Å². The van der Waals surface area contributed by atoms with Crippen molar-refractivity contribution >= 4 is 40.7 Å². The van der Waals surface area contributed by atoms with Crippen molar-refractivity contribution < 1.29 is 23.8 Å². The number of ether oxygens (including phenoxy) is 1. The highest BCUT2D eigenvalue weighted by molar-refractivity contribution is 6.47. The number of carbonyl (C=O) groups is 2. The van der Waals surface area contributed by atoms with Crippen molar-refractivity contribution in [2.24, 2.45) is 0 Å². The molecular formula is C22H20Cl2FNO4. The van der Waals surface area contributed by atoms with Crippen LogP contribution in [0.5, 0.6) is 0 Å². The average molecular weight is 452 g/mol. The molecule has 0 radical (unpaired) electrons. The average Bonchev–Trinajstić information content (AvgIpc) is 2.96. The van der Waals surface area contributed by atoms with Gasteiger partial charge in [-0.3, -0.25) is 9.59 Å². The third-order valence-corrected chi connectivity index (χ3v) is 5.35. The molecule has 1 saturated heterocycles. The molecule has 1 amide bonds. The van der Waals surface area contributed by atoms with Crippen LogP contribution in [0.3, 0.4) is 0 Å². The summed E-state index contributed by atoms with van der Waals surface area (Å²) in [6.07, 6.45) is 0.500. The predicted molar refractivity (Wildman–Crippen MR) is 113 cm³/mol. The first-order chi connectivity index (χ1) is 14.3. The first-order valence-electron chi connectivity index (χ1n) is 9.42. The smallest absolute Gasteiger partial charge is 0.295 e. The van der Waals surface area contributed by atoms with Gasteiger partial charge in [0.05, 0.1) is 16.6 Å². The fourth-order valence-corrected chi connectivity index (χ4v) is 3.91. The Labute approximate surface area is 183 Å². The quantitative estimate of drug-likeness (QED) is 0.279. The highest BCUT2D eigenvalue weighted by Crippen LogP contribution is 2.40. The van der Waals surface area contributed by atoms with Gasteiger partial charge in [-0.05, 0) is 49.2 Å². The van der Waals surface area contributed by atoms with Crippen LogP contribution >= 0.6 is 23.2 Å². The van der Waals surface area contributed by atoms with Crippen molar-refractivity contribution in [2.45, 2.75) is 19.4 Å². The lowest BCUT2D eigenvalue weighted by Gasteiger charge is -2.25. The summed E-state index contributed by atoms with van der Waals surface area (Å²) in [5.41, 5.74) is 0.575. The lowest BCUT2D eigenvalue weighted by molar-refractivity contribution is -0.140. The monoisotopic (exact) mass is 451 g/mol. The number of rotatable bonds is 7. The van der Waals surface area contributed by atoms with Gasteiger partial charge in [0.25, 0.3) is 11.7 Å². The van der Waals surface area contributed by atoms with Crippen LogP contribution in [0, 0.1) is 5.82 Å². The summed E-state index contributed by atoms with van der Waals surface area (Å²) >= 11 is 12.1. The van der Waals surface area contributed by atoms with Crippen LogP contribution in [0.15, 0.2) is 48.0 Å². The Morgan fingerprint density at radius 3 is 2.50 bits per heavy atom. The fraction of sp³-hybridized carbons (Fsp3) is 0.273. The molecule has 0 aliphatic carbocycles. The van der Waals surface area contributed by atoms with Crippen molar-refractivity contribution in [2.75, 3.05) is 19.8 Å². The Morgan fingerprint density at radius 2 is 1.87 bits per heavy atom. The summed E-state index contributed by atoms with van der Waals surface area (Å²) in [6.45, 7) is 3.05. The van der Waals surface area contributed by atoms with Gasteiger partial charge in [-0.1, -0.05) is 35.3 Å². The van der Waals surface area contributed by atoms with E-state index in [0.717, 1.165) is 0 Å². The Morgan fingerprint density at radius 1 is 1.17 bits per heavy atom. The minimum absolute atomic E-state index is 0.104. The van der Waals surface area contributed by atoms with Crippen molar-refractivity contribution in [3.8, 4) is 0 Å². The lowest BCUT2D eigenvalue weighted by atomic mass is 9.95. The molecule has 2 aromatic carbocycles. The maximum absolute atomic E-state index is 13.5. The van der Waals surface area contributed by atoms with Gasteiger partial charge in [0.2, 0.25) is 0 Å². The fourth-order valence-electron chi connectivity index (χ4n) is 3.41. The molecule has 1 unspecified atom stereocenters. The number of ketones is 1. The van der Waals surface area contributed by atoms with E-state index in [2.05, 4.69) is 0 Å². The van der Waals surface area contributed by atoms with Gasteiger partial charge in [-0.15, -0.1) is 0 Å². The van der Waals surface area contributed by atoms with Gasteiger partial charge < -0.3 is 14.7 Å². The molecule has 1 fully saturated rings. The Bertz CT molecular complexity index is 991. The van der Waals surface area contributed by atoms with E-state index in [1.807, 2.05) is 6.92 Å². The highest BCUT2D eigenvalue weighted by Gasteiger charge is 2.45. The normalized spacial score (nSPS) is 18.3. The Kier molecular flexibility index (Phi) is 7.13. The van der Waals surface area contributed by atoms with E-state index in [-0.39, 0.29) is 22.7 Å². The number of aliphatic hydroxyl groups is 1. The standard InChI is InChI=1S/C22H20Cl2FNO4/c1-2-30-11-3-10-26-19(13-4-7-15(25)8-5-13)18(21(28)22(26)29)20(27)16-9-6-14(23)12-17(16)24/h4-9,12,19,27H,2-3,10-11H2,1H3/b20-18+. The molecule has 2 aromatic rings. The summed E-state index contributed by atoms with van der Waals surface area (Å²) in [5.74, 6) is -2.43. The van der Waals surface area contributed by atoms with Gasteiger partial charge >= 0.3 is 0 Å². The number of aliphatic hydroxyl groups excluding tert-OH is 1. The largest absolute Gasteiger partial charge is 0.507 e. The second kappa shape index (κ2) is 9.60. The molecule has 1 heterocycles. The minimum atomic E-state index is -0.876. The van der Waals surface area contributed by atoms with Crippen LogP contribution < -0.4 is 0 Å². The van der Waals surface area contributed by atoms with E-state index in [0.29, 0.717) is 30.2 Å². The Hall–Kier alpha value is -2.41. The van der Waals surface area contributed by atoms with E-state index in [1.165, 1.54) is 47.4 Å². The molecule has 5 nitrogen and oxygen atoms in total. The second-order valence-corrected chi connectivity index (χ2v) is 7.56. The third-order valence-electron chi connectivity index (χ3n) is 4.80. The number of benzene rings is 2. The van der Waals surface area contributed by atoms with E-state index in [1.54, 1.807) is 0 Å². The van der Waals surface area contributed by atoms with Gasteiger partial charge in [-0.25, -0.2) is 4.39 Å². The number of hydrogen-bond acceptors (Lipinski definition) is 4. The molecular weight excluding hydrogens is 432 g/mol. The van der Waals surface area contributed by atoms with Crippen molar-refractivity contribution in [3.63, 3.8) is 0 Å². The van der Waals surface area contributed by atoms with Crippen LogP contribution in [0.25, 0.3) is 5.76 Å². The van der Waals surface area contributed by atoms with Crippen LogP contribution in [0.1, 0.15) is 30.5 Å². The van der Waals surface area contributed by atoms with E-state index < -0.39 is 29.3 Å². The molecule has 0 bridgehead atoms. The van der Waals surface area contributed by atoms with Crippen LogP contribution in [0.4, 0.5) is 4.39 Å². The number of nitrogens with zero attached hydrogens (tertiary/aromatic N) is 1.